The number of benzene rings is 1. The third-order valence-corrected chi connectivity index (χ3v) is 5.72. The maximum atomic E-state index is 13.0. The number of para-hydroxylation sites is 1. The second-order valence-electron chi connectivity index (χ2n) is 7.44. The smallest absolute Gasteiger partial charge is 0.245 e. The van der Waals surface area contributed by atoms with Gasteiger partial charge in [-0.3, -0.25) is 9.59 Å². The third-order valence-electron chi connectivity index (χ3n) is 5.72. The summed E-state index contributed by atoms with van der Waals surface area (Å²) < 4.78 is 0. The van der Waals surface area contributed by atoms with E-state index in [2.05, 4.69) is 18.0 Å². The molecule has 1 N–H and O–H groups in total. The van der Waals surface area contributed by atoms with Crippen molar-refractivity contribution in [2.45, 2.75) is 45.2 Å². The molecule has 2 aromatic rings. The molecule has 1 atom stereocenters. The first kappa shape index (κ1) is 16.2. The van der Waals surface area contributed by atoms with Gasteiger partial charge in [0.1, 0.15) is 6.04 Å². The fraction of sp³-hybridized carbons (Fsp3) is 0.500. The minimum Gasteiger partial charge on any atom is -0.361 e. The molecule has 0 radical (unpaired) electrons. The van der Waals surface area contributed by atoms with Crippen LogP contribution >= 0.6 is 0 Å². The molecule has 132 valence electrons. The molecule has 0 spiro atoms. The zero-order chi connectivity index (χ0) is 17.4. The first-order valence-corrected chi connectivity index (χ1v) is 9.26. The summed E-state index contributed by atoms with van der Waals surface area (Å²) in [6.07, 6.45) is 5.21. The molecule has 0 saturated carbocycles. The third kappa shape index (κ3) is 3.03. The summed E-state index contributed by atoms with van der Waals surface area (Å²) in [4.78, 5) is 32.4. The van der Waals surface area contributed by atoms with E-state index in [-0.39, 0.29) is 17.9 Å². The summed E-state index contributed by atoms with van der Waals surface area (Å²) in [6.45, 7) is 4.39. The number of fused-ring (bicyclic) bond motifs is 1. The molecule has 0 unspecified atom stereocenters. The lowest BCUT2D eigenvalue weighted by Gasteiger charge is -2.34. The SMILES string of the molecule is CC1CCN(C(=O)[C@@H]2CCC(=O)N2Cc2c[nH]c3ccccc23)CC1. The van der Waals surface area contributed by atoms with Gasteiger partial charge in [-0.05, 0) is 36.8 Å². The highest BCUT2D eigenvalue weighted by Gasteiger charge is 2.38. The van der Waals surface area contributed by atoms with Crippen LogP contribution in [0.15, 0.2) is 30.5 Å². The van der Waals surface area contributed by atoms with Crippen LogP contribution in [0.2, 0.25) is 0 Å². The van der Waals surface area contributed by atoms with Gasteiger partial charge in [-0.15, -0.1) is 0 Å². The molecular weight excluding hydrogens is 314 g/mol. The van der Waals surface area contributed by atoms with Crippen LogP contribution < -0.4 is 0 Å². The summed E-state index contributed by atoms with van der Waals surface area (Å²) in [5.74, 6) is 0.920. The first-order chi connectivity index (χ1) is 12.1. The number of nitrogens with one attached hydrogen (secondary N) is 1. The average Bonchev–Trinajstić information content (AvgIpc) is 3.20. The zero-order valence-corrected chi connectivity index (χ0v) is 14.7. The molecule has 2 aliphatic heterocycles. The Labute approximate surface area is 148 Å². The number of rotatable bonds is 3. The fourth-order valence-electron chi connectivity index (χ4n) is 4.07. The predicted molar refractivity (Wildman–Crippen MR) is 96.8 cm³/mol. The lowest BCUT2D eigenvalue weighted by atomic mass is 9.98. The van der Waals surface area contributed by atoms with Gasteiger partial charge < -0.3 is 14.8 Å². The molecule has 2 fully saturated rings. The highest BCUT2D eigenvalue weighted by atomic mass is 16.2. The second-order valence-corrected chi connectivity index (χ2v) is 7.44. The largest absolute Gasteiger partial charge is 0.361 e. The summed E-state index contributed by atoms with van der Waals surface area (Å²) in [5.41, 5.74) is 2.15. The van der Waals surface area contributed by atoms with Crippen molar-refractivity contribution in [3.05, 3.63) is 36.0 Å². The number of hydrogen-bond acceptors (Lipinski definition) is 2. The van der Waals surface area contributed by atoms with Gasteiger partial charge in [-0.1, -0.05) is 25.1 Å². The highest BCUT2D eigenvalue weighted by molar-refractivity contribution is 5.91. The molecule has 4 rings (SSSR count). The lowest BCUT2D eigenvalue weighted by Crippen LogP contribution is -2.48. The zero-order valence-electron chi connectivity index (χ0n) is 14.7. The van der Waals surface area contributed by atoms with Crippen molar-refractivity contribution >= 4 is 22.7 Å². The van der Waals surface area contributed by atoms with Crippen molar-refractivity contribution in [1.29, 1.82) is 0 Å². The Morgan fingerprint density at radius 2 is 1.96 bits per heavy atom. The summed E-state index contributed by atoms with van der Waals surface area (Å²) in [5, 5.41) is 1.13. The molecule has 2 amide bonds. The van der Waals surface area contributed by atoms with E-state index < -0.39 is 0 Å². The number of likely N-dealkylation sites (tertiary alicyclic amines) is 2. The maximum Gasteiger partial charge on any atom is 0.245 e. The van der Waals surface area contributed by atoms with Gasteiger partial charge in [-0.2, -0.15) is 0 Å². The molecule has 5 nitrogen and oxygen atoms in total. The van der Waals surface area contributed by atoms with Crippen molar-refractivity contribution in [1.82, 2.24) is 14.8 Å². The Kier molecular flexibility index (Phi) is 4.24. The van der Waals surface area contributed by atoms with Crippen LogP contribution in [0, 0.1) is 5.92 Å². The molecule has 3 heterocycles. The van der Waals surface area contributed by atoms with Gasteiger partial charge in [0.2, 0.25) is 11.8 Å². The van der Waals surface area contributed by atoms with Crippen molar-refractivity contribution in [3.63, 3.8) is 0 Å². The molecule has 2 saturated heterocycles. The molecule has 5 heteroatoms. The minimum atomic E-state index is -0.297. The molecule has 25 heavy (non-hydrogen) atoms. The average molecular weight is 339 g/mol. The fourth-order valence-corrected chi connectivity index (χ4v) is 4.07. The van der Waals surface area contributed by atoms with Crippen molar-refractivity contribution < 1.29 is 9.59 Å². The van der Waals surface area contributed by atoms with Gasteiger partial charge in [0, 0.05) is 43.2 Å². The van der Waals surface area contributed by atoms with Gasteiger partial charge >= 0.3 is 0 Å². The number of aromatic amines is 1. The number of amides is 2. The van der Waals surface area contributed by atoms with E-state index >= 15 is 0 Å². The monoisotopic (exact) mass is 339 g/mol. The highest BCUT2D eigenvalue weighted by Crippen LogP contribution is 2.27. The second kappa shape index (κ2) is 6.54. The number of hydrogen-bond donors (Lipinski definition) is 1. The Bertz CT molecular complexity index is 789. The normalized spacial score (nSPS) is 22.1. The van der Waals surface area contributed by atoms with Crippen LogP contribution in [0.4, 0.5) is 0 Å². The number of piperidine rings is 1. The van der Waals surface area contributed by atoms with E-state index in [0.717, 1.165) is 42.4 Å². The Balaban J connectivity index is 1.53. The number of aromatic nitrogens is 1. The number of H-pyrrole nitrogens is 1. The summed E-state index contributed by atoms with van der Waals surface area (Å²) >= 11 is 0. The van der Waals surface area contributed by atoms with Crippen LogP contribution in [0.1, 0.15) is 38.2 Å². The van der Waals surface area contributed by atoms with E-state index in [1.807, 2.05) is 29.3 Å². The maximum absolute atomic E-state index is 13.0. The van der Waals surface area contributed by atoms with Gasteiger partial charge in [0.25, 0.3) is 0 Å². The minimum absolute atomic E-state index is 0.0917. The van der Waals surface area contributed by atoms with E-state index in [0.29, 0.717) is 25.3 Å². The van der Waals surface area contributed by atoms with Crippen LogP contribution in [0.5, 0.6) is 0 Å². The van der Waals surface area contributed by atoms with E-state index in [1.165, 1.54) is 0 Å². The summed E-state index contributed by atoms with van der Waals surface area (Å²) in [7, 11) is 0. The van der Waals surface area contributed by atoms with Gasteiger partial charge in [0.05, 0.1) is 0 Å². The van der Waals surface area contributed by atoms with Crippen LogP contribution in [0.3, 0.4) is 0 Å². The van der Waals surface area contributed by atoms with E-state index in [4.69, 9.17) is 0 Å². The van der Waals surface area contributed by atoms with Crippen molar-refractivity contribution in [2.75, 3.05) is 13.1 Å². The van der Waals surface area contributed by atoms with Crippen LogP contribution in [0.25, 0.3) is 10.9 Å². The summed E-state index contributed by atoms with van der Waals surface area (Å²) in [6, 6.07) is 7.79. The molecule has 0 bridgehead atoms. The first-order valence-electron chi connectivity index (χ1n) is 9.26. The number of carbonyl (C=O) groups excluding carboxylic acids is 2. The van der Waals surface area contributed by atoms with E-state index in [9.17, 15) is 9.59 Å². The van der Waals surface area contributed by atoms with Crippen molar-refractivity contribution in [3.8, 4) is 0 Å². The van der Waals surface area contributed by atoms with Crippen LogP contribution in [-0.4, -0.2) is 45.7 Å². The molecular formula is C20H25N3O2. The Morgan fingerprint density at radius 1 is 1.20 bits per heavy atom. The Morgan fingerprint density at radius 3 is 2.76 bits per heavy atom. The van der Waals surface area contributed by atoms with Crippen molar-refractivity contribution in [2.24, 2.45) is 5.92 Å². The molecule has 2 aliphatic rings. The van der Waals surface area contributed by atoms with E-state index in [1.54, 1.807) is 4.90 Å². The number of nitrogens with zero attached hydrogens (tertiary/aromatic N) is 2. The standard InChI is InChI=1S/C20H25N3O2/c1-14-8-10-22(11-9-14)20(25)18-6-7-19(24)23(18)13-15-12-21-17-5-3-2-4-16(15)17/h2-5,12,14,18,21H,6-11,13H2,1H3/t18-/m0/s1. The quantitative estimate of drug-likeness (QED) is 0.935. The molecule has 1 aromatic carbocycles. The molecule has 1 aromatic heterocycles. The van der Waals surface area contributed by atoms with Gasteiger partial charge in [0.15, 0.2) is 0 Å². The van der Waals surface area contributed by atoms with Gasteiger partial charge in [-0.25, -0.2) is 0 Å². The lowest BCUT2D eigenvalue weighted by molar-refractivity contribution is -0.142. The van der Waals surface area contributed by atoms with Crippen LogP contribution in [-0.2, 0) is 16.1 Å². The molecule has 0 aliphatic carbocycles. The predicted octanol–water partition coefficient (Wildman–Crippen LogP) is 2.92. The number of carbonyl (C=O) groups is 2. The Hall–Kier alpha value is -2.30. The topological polar surface area (TPSA) is 56.4 Å².